The fourth-order valence-corrected chi connectivity index (χ4v) is 1.75. The van der Waals surface area contributed by atoms with Crippen LogP contribution in [0.3, 0.4) is 0 Å². The van der Waals surface area contributed by atoms with Gasteiger partial charge in [-0.3, -0.25) is 0 Å². The Morgan fingerprint density at radius 2 is 2.13 bits per heavy atom. The second kappa shape index (κ2) is 4.59. The molecule has 2 saturated heterocycles. The number of aliphatic hydroxyl groups is 2. The fourth-order valence-electron chi connectivity index (χ4n) is 1.75. The van der Waals surface area contributed by atoms with Gasteiger partial charge in [0.15, 0.2) is 12.6 Å². The van der Waals surface area contributed by atoms with Gasteiger partial charge in [0.05, 0.1) is 6.61 Å². The predicted molar refractivity (Wildman–Crippen MR) is 50.9 cm³/mol. The monoisotopic (exact) mass is 216 g/mol. The van der Waals surface area contributed by atoms with E-state index in [-0.39, 0.29) is 6.10 Å². The third-order valence-electron chi connectivity index (χ3n) is 2.55. The maximum atomic E-state index is 9.56. The molecule has 0 aromatic heterocycles. The van der Waals surface area contributed by atoms with Crippen molar-refractivity contribution in [2.24, 2.45) is 0 Å². The largest absolute Gasteiger partial charge is 0.385 e. The third kappa shape index (κ3) is 2.21. The maximum absolute atomic E-state index is 9.56. The minimum Gasteiger partial charge on any atom is -0.385 e. The lowest BCUT2D eigenvalue weighted by atomic mass is 10.1. The standard InChI is InChI=1S/C10H16O5/c1-2-3-4-7-13-5-6-9(15-7)8(11)10(12)14-6/h3-4,6-12H,2,5H2,1H3/b4-3+/t6-,7?,8-,9+,10+/m1/s1. The number of aliphatic hydroxyl groups excluding tert-OH is 2. The topological polar surface area (TPSA) is 68.2 Å². The Morgan fingerprint density at radius 1 is 1.33 bits per heavy atom. The SMILES string of the molecule is CC/C=C/C1OC[C@H]2O[C@H](O)[C@H](O)[C@H]2O1. The van der Waals surface area contributed by atoms with E-state index >= 15 is 0 Å². The molecule has 2 heterocycles. The van der Waals surface area contributed by atoms with Gasteiger partial charge in [0.1, 0.15) is 18.3 Å². The van der Waals surface area contributed by atoms with Crippen LogP contribution in [0.2, 0.25) is 0 Å². The van der Waals surface area contributed by atoms with E-state index in [0.717, 1.165) is 6.42 Å². The van der Waals surface area contributed by atoms with E-state index in [0.29, 0.717) is 6.61 Å². The highest BCUT2D eigenvalue weighted by Crippen LogP contribution is 2.28. The summed E-state index contributed by atoms with van der Waals surface area (Å²) in [6, 6.07) is 0. The van der Waals surface area contributed by atoms with Gasteiger partial charge in [-0.25, -0.2) is 0 Å². The predicted octanol–water partition coefficient (Wildman–Crippen LogP) is -0.228. The van der Waals surface area contributed by atoms with Gasteiger partial charge >= 0.3 is 0 Å². The third-order valence-corrected chi connectivity index (χ3v) is 2.55. The average Bonchev–Trinajstić information content (AvgIpc) is 2.52. The number of allylic oxidation sites excluding steroid dienone is 1. The van der Waals surface area contributed by atoms with Crippen molar-refractivity contribution in [2.75, 3.05) is 6.61 Å². The first-order valence-electron chi connectivity index (χ1n) is 5.17. The second-order valence-corrected chi connectivity index (χ2v) is 3.69. The van der Waals surface area contributed by atoms with E-state index in [1.165, 1.54) is 0 Å². The van der Waals surface area contributed by atoms with Crippen LogP contribution >= 0.6 is 0 Å². The molecule has 0 radical (unpaired) electrons. The molecule has 15 heavy (non-hydrogen) atoms. The van der Waals surface area contributed by atoms with Crippen molar-refractivity contribution in [2.45, 2.75) is 44.2 Å². The molecular weight excluding hydrogens is 200 g/mol. The first kappa shape index (κ1) is 11.0. The number of rotatable bonds is 2. The van der Waals surface area contributed by atoms with Crippen LogP contribution in [-0.2, 0) is 14.2 Å². The first-order chi connectivity index (χ1) is 7.22. The van der Waals surface area contributed by atoms with Crippen molar-refractivity contribution in [1.29, 1.82) is 0 Å². The lowest BCUT2D eigenvalue weighted by Gasteiger charge is -2.30. The van der Waals surface area contributed by atoms with E-state index in [2.05, 4.69) is 0 Å². The van der Waals surface area contributed by atoms with Crippen molar-refractivity contribution >= 4 is 0 Å². The molecule has 0 amide bonds. The van der Waals surface area contributed by atoms with Crippen LogP contribution in [0.5, 0.6) is 0 Å². The molecule has 2 rings (SSSR count). The van der Waals surface area contributed by atoms with Crippen LogP contribution in [0.1, 0.15) is 13.3 Å². The summed E-state index contributed by atoms with van der Waals surface area (Å²) in [5.74, 6) is 0. The highest BCUT2D eigenvalue weighted by molar-refractivity contribution is 4.94. The van der Waals surface area contributed by atoms with Crippen molar-refractivity contribution in [3.05, 3.63) is 12.2 Å². The summed E-state index contributed by atoms with van der Waals surface area (Å²) < 4.78 is 15.8. The minimum absolute atomic E-state index is 0.331. The summed E-state index contributed by atoms with van der Waals surface area (Å²) in [6.45, 7) is 2.34. The van der Waals surface area contributed by atoms with Gasteiger partial charge in [-0.05, 0) is 12.5 Å². The van der Waals surface area contributed by atoms with Gasteiger partial charge in [0, 0.05) is 0 Å². The molecule has 5 atom stereocenters. The van der Waals surface area contributed by atoms with Crippen LogP contribution in [-0.4, -0.2) is 47.7 Å². The molecule has 2 aliphatic heterocycles. The van der Waals surface area contributed by atoms with E-state index in [1.54, 1.807) is 6.08 Å². The number of hydrogen-bond acceptors (Lipinski definition) is 5. The minimum atomic E-state index is -1.17. The van der Waals surface area contributed by atoms with Crippen LogP contribution in [0.25, 0.3) is 0 Å². The van der Waals surface area contributed by atoms with Crippen molar-refractivity contribution < 1.29 is 24.4 Å². The van der Waals surface area contributed by atoms with Crippen molar-refractivity contribution in [3.63, 3.8) is 0 Å². The zero-order valence-corrected chi connectivity index (χ0v) is 8.57. The number of ether oxygens (including phenoxy) is 3. The Morgan fingerprint density at radius 3 is 2.87 bits per heavy atom. The van der Waals surface area contributed by atoms with Gasteiger partial charge in [-0.2, -0.15) is 0 Å². The maximum Gasteiger partial charge on any atom is 0.184 e. The molecule has 2 N–H and O–H groups in total. The first-order valence-corrected chi connectivity index (χ1v) is 5.17. The zero-order chi connectivity index (χ0) is 10.8. The van der Waals surface area contributed by atoms with Crippen molar-refractivity contribution in [3.8, 4) is 0 Å². The summed E-state index contributed by atoms with van der Waals surface area (Å²) in [5.41, 5.74) is 0. The molecule has 0 bridgehead atoms. The Labute approximate surface area is 88.3 Å². The Kier molecular flexibility index (Phi) is 3.38. The van der Waals surface area contributed by atoms with Gasteiger partial charge in [-0.1, -0.05) is 13.0 Å². The Balaban J connectivity index is 1.95. The molecule has 2 fully saturated rings. The Hall–Kier alpha value is -0.460. The lowest BCUT2D eigenvalue weighted by Crippen LogP contribution is -2.45. The molecule has 5 nitrogen and oxygen atoms in total. The van der Waals surface area contributed by atoms with E-state index in [1.807, 2.05) is 13.0 Å². The zero-order valence-electron chi connectivity index (χ0n) is 8.57. The van der Waals surface area contributed by atoms with Crippen LogP contribution < -0.4 is 0 Å². The fraction of sp³-hybridized carbons (Fsp3) is 0.800. The van der Waals surface area contributed by atoms with Gasteiger partial charge in [-0.15, -0.1) is 0 Å². The molecule has 2 aliphatic rings. The molecule has 86 valence electrons. The highest BCUT2D eigenvalue weighted by Gasteiger charge is 2.47. The molecule has 0 saturated carbocycles. The van der Waals surface area contributed by atoms with Gasteiger partial charge in [0.25, 0.3) is 0 Å². The van der Waals surface area contributed by atoms with Crippen molar-refractivity contribution in [1.82, 2.24) is 0 Å². The molecule has 0 aliphatic carbocycles. The summed E-state index contributed by atoms with van der Waals surface area (Å²) in [7, 11) is 0. The van der Waals surface area contributed by atoms with Crippen LogP contribution in [0.15, 0.2) is 12.2 Å². The summed E-state index contributed by atoms with van der Waals surface area (Å²) in [4.78, 5) is 0. The summed E-state index contributed by atoms with van der Waals surface area (Å²) in [6.07, 6.45) is 1.15. The summed E-state index contributed by atoms with van der Waals surface area (Å²) in [5, 5.41) is 18.8. The van der Waals surface area contributed by atoms with Crippen LogP contribution in [0.4, 0.5) is 0 Å². The molecule has 0 aromatic carbocycles. The number of fused-ring (bicyclic) bond motifs is 1. The quantitative estimate of drug-likeness (QED) is 0.624. The highest BCUT2D eigenvalue weighted by atomic mass is 16.7. The molecule has 1 unspecified atom stereocenters. The lowest BCUT2D eigenvalue weighted by molar-refractivity contribution is -0.228. The molecule has 0 aromatic rings. The van der Waals surface area contributed by atoms with Crippen LogP contribution in [0, 0.1) is 0 Å². The molecule has 0 spiro atoms. The van der Waals surface area contributed by atoms with Gasteiger partial charge in [0.2, 0.25) is 0 Å². The number of hydrogen-bond donors (Lipinski definition) is 2. The summed E-state index contributed by atoms with van der Waals surface area (Å²) >= 11 is 0. The molecular formula is C10H16O5. The normalized spacial score (nSPS) is 45.9. The smallest absolute Gasteiger partial charge is 0.184 e. The van der Waals surface area contributed by atoms with E-state index < -0.39 is 24.8 Å². The van der Waals surface area contributed by atoms with E-state index in [9.17, 15) is 10.2 Å². The Bertz CT molecular complexity index is 242. The van der Waals surface area contributed by atoms with E-state index in [4.69, 9.17) is 14.2 Å². The molecule has 5 heteroatoms. The van der Waals surface area contributed by atoms with Gasteiger partial charge < -0.3 is 24.4 Å². The second-order valence-electron chi connectivity index (χ2n) is 3.69. The average molecular weight is 216 g/mol.